The van der Waals surface area contributed by atoms with Gasteiger partial charge in [0.15, 0.2) is 11.3 Å². The normalized spacial score (nSPS) is 21.3. The highest BCUT2D eigenvalue weighted by atomic mass is 32.1. The van der Waals surface area contributed by atoms with E-state index in [9.17, 15) is 9.59 Å². The van der Waals surface area contributed by atoms with Gasteiger partial charge in [-0.05, 0) is 41.9 Å². The molecular formula is C21H27N7O2S. The van der Waals surface area contributed by atoms with Crippen LogP contribution in [0.2, 0.25) is 0 Å². The van der Waals surface area contributed by atoms with Gasteiger partial charge in [0.25, 0.3) is 5.91 Å². The molecule has 0 N–H and O–H groups in total. The first-order valence-electron chi connectivity index (χ1n) is 10.6. The van der Waals surface area contributed by atoms with Gasteiger partial charge in [0, 0.05) is 44.1 Å². The van der Waals surface area contributed by atoms with Gasteiger partial charge < -0.3 is 9.80 Å². The van der Waals surface area contributed by atoms with Crippen molar-refractivity contribution in [1.29, 1.82) is 0 Å². The molecule has 3 aromatic heterocycles. The largest absolute Gasteiger partial charge is 0.350 e. The molecule has 3 saturated heterocycles. The number of piperidine rings is 2. The third-order valence-electron chi connectivity index (χ3n) is 6.26. The van der Waals surface area contributed by atoms with Crippen LogP contribution in [0.3, 0.4) is 0 Å². The Balaban J connectivity index is 1.44. The Morgan fingerprint density at radius 3 is 2.61 bits per heavy atom. The van der Waals surface area contributed by atoms with Crippen LogP contribution in [0.5, 0.6) is 0 Å². The summed E-state index contributed by atoms with van der Waals surface area (Å²) in [6, 6.07) is 4.36. The van der Waals surface area contributed by atoms with Crippen molar-refractivity contribution >= 4 is 34.4 Å². The minimum absolute atomic E-state index is 0.00830. The second-order valence-electron chi connectivity index (χ2n) is 9.79. The zero-order chi connectivity index (χ0) is 21.9. The first-order chi connectivity index (χ1) is 14.7. The summed E-state index contributed by atoms with van der Waals surface area (Å²) in [7, 11) is 1.78. The fraction of sp³-hybridized carbons (Fsp3) is 0.571. The van der Waals surface area contributed by atoms with E-state index in [2.05, 4.69) is 35.3 Å². The van der Waals surface area contributed by atoms with Gasteiger partial charge in [-0.3, -0.25) is 13.9 Å². The Hall–Kier alpha value is -2.75. The molecule has 6 heterocycles. The molecule has 1 unspecified atom stereocenters. The van der Waals surface area contributed by atoms with E-state index in [0.29, 0.717) is 24.4 Å². The van der Waals surface area contributed by atoms with Crippen molar-refractivity contribution in [2.75, 3.05) is 18.0 Å². The molecule has 0 saturated carbocycles. The third kappa shape index (κ3) is 3.42. The lowest BCUT2D eigenvalue weighted by Crippen LogP contribution is -2.64. The van der Waals surface area contributed by atoms with E-state index < -0.39 is 0 Å². The molecule has 3 aliphatic heterocycles. The number of hydrogen-bond acceptors (Lipinski definition) is 7. The molecule has 2 atom stereocenters. The summed E-state index contributed by atoms with van der Waals surface area (Å²) in [5.74, 6) is 0.835. The molecule has 6 rings (SSSR count). The van der Waals surface area contributed by atoms with Gasteiger partial charge in [0.2, 0.25) is 0 Å². The second kappa shape index (κ2) is 7.15. The second-order valence-corrected chi connectivity index (χ2v) is 10.4. The predicted molar refractivity (Wildman–Crippen MR) is 120 cm³/mol. The molecular weight excluding hydrogens is 414 g/mol. The summed E-state index contributed by atoms with van der Waals surface area (Å²) in [5.41, 5.74) is 1.95. The Labute approximate surface area is 184 Å². The number of aromatic nitrogens is 5. The molecule has 31 heavy (non-hydrogen) atoms. The number of hydrogen-bond donors (Lipinski definition) is 0. The van der Waals surface area contributed by atoms with Gasteiger partial charge in [0.1, 0.15) is 5.82 Å². The standard InChI is InChI=1S/C21H27N7O2S/c1-21(2,3)12-28-16-7-8-17(22-18(16)25(4)20(28)30)26-9-14-6-5-13(26)10-27(14)19(29)15-11-31-24-23-15/h7-8,11,13-14H,5-6,9-10,12H2,1-4H3/t13?,14-/m0/s1. The van der Waals surface area contributed by atoms with E-state index in [4.69, 9.17) is 4.98 Å². The minimum Gasteiger partial charge on any atom is -0.350 e. The summed E-state index contributed by atoms with van der Waals surface area (Å²) >= 11 is 1.20. The number of nitrogens with zero attached hydrogens (tertiary/aromatic N) is 7. The lowest BCUT2D eigenvalue weighted by atomic mass is 9.90. The van der Waals surface area contributed by atoms with Crippen molar-refractivity contribution in [3.8, 4) is 0 Å². The molecule has 9 nitrogen and oxygen atoms in total. The maximum atomic E-state index is 12.8. The summed E-state index contributed by atoms with van der Waals surface area (Å²) in [4.78, 5) is 34.8. The monoisotopic (exact) mass is 441 g/mol. The van der Waals surface area contributed by atoms with Crippen molar-refractivity contribution in [1.82, 2.24) is 28.6 Å². The maximum absolute atomic E-state index is 12.8. The molecule has 10 heteroatoms. The number of piperazine rings is 1. The van der Waals surface area contributed by atoms with Crippen LogP contribution in [0, 0.1) is 5.41 Å². The van der Waals surface area contributed by atoms with Crippen LogP contribution >= 0.6 is 11.5 Å². The highest BCUT2D eigenvalue weighted by molar-refractivity contribution is 7.03. The van der Waals surface area contributed by atoms with E-state index >= 15 is 0 Å². The number of carbonyl (C=O) groups is 1. The summed E-state index contributed by atoms with van der Waals surface area (Å²) in [6.07, 6.45) is 2.00. The van der Waals surface area contributed by atoms with Gasteiger partial charge in [0.05, 0.1) is 5.52 Å². The number of anilines is 1. The van der Waals surface area contributed by atoms with Crippen LogP contribution in [-0.2, 0) is 13.6 Å². The number of aryl methyl sites for hydroxylation is 1. The summed E-state index contributed by atoms with van der Waals surface area (Å²) in [6.45, 7) is 8.41. The Kier molecular flexibility index (Phi) is 4.65. The van der Waals surface area contributed by atoms with E-state index in [0.717, 1.165) is 30.7 Å². The summed E-state index contributed by atoms with van der Waals surface area (Å²) < 4.78 is 7.28. The molecule has 0 aliphatic carbocycles. The molecule has 1 amide bonds. The van der Waals surface area contributed by atoms with Gasteiger partial charge in [-0.15, -0.1) is 5.10 Å². The van der Waals surface area contributed by atoms with E-state index in [-0.39, 0.29) is 29.1 Å². The molecule has 0 radical (unpaired) electrons. The molecule has 2 bridgehead atoms. The van der Waals surface area contributed by atoms with Crippen LogP contribution in [0.25, 0.3) is 11.2 Å². The first-order valence-corrected chi connectivity index (χ1v) is 11.5. The quantitative estimate of drug-likeness (QED) is 0.619. The molecule has 164 valence electrons. The highest BCUT2D eigenvalue weighted by Crippen LogP contribution is 2.33. The van der Waals surface area contributed by atoms with Gasteiger partial charge >= 0.3 is 5.69 Å². The number of rotatable bonds is 3. The van der Waals surface area contributed by atoms with Crippen molar-refractivity contribution in [3.05, 3.63) is 33.7 Å². The van der Waals surface area contributed by atoms with Crippen molar-refractivity contribution in [3.63, 3.8) is 0 Å². The zero-order valence-electron chi connectivity index (χ0n) is 18.3. The number of fused-ring (bicyclic) bond motifs is 4. The predicted octanol–water partition coefficient (Wildman–Crippen LogP) is 2.13. The smallest absolute Gasteiger partial charge is 0.330 e. The van der Waals surface area contributed by atoms with E-state index in [1.54, 1.807) is 17.0 Å². The summed E-state index contributed by atoms with van der Waals surface area (Å²) in [5, 5.41) is 5.66. The van der Waals surface area contributed by atoms with Crippen LogP contribution in [0.1, 0.15) is 44.1 Å². The topological polar surface area (TPSA) is 89.2 Å². The Bertz CT molecular complexity index is 1190. The zero-order valence-corrected chi connectivity index (χ0v) is 19.1. The molecule has 3 aliphatic rings. The lowest BCUT2D eigenvalue weighted by molar-refractivity contribution is 0.0498. The van der Waals surface area contributed by atoms with Crippen LogP contribution in [-0.4, -0.2) is 59.7 Å². The molecule has 3 fully saturated rings. The average molecular weight is 442 g/mol. The fourth-order valence-corrected chi connectivity index (χ4v) is 5.24. The molecule has 3 aromatic rings. The maximum Gasteiger partial charge on any atom is 0.330 e. The van der Waals surface area contributed by atoms with Gasteiger partial charge in [-0.2, -0.15) is 0 Å². The molecule has 0 spiro atoms. The number of carbonyl (C=O) groups excluding carboxylic acids is 1. The van der Waals surface area contributed by atoms with Crippen LogP contribution < -0.4 is 10.6 Å². The molecule has 0 aromatic carbocycles. The lowest BCUT2D eigenvalue weighted by Gasteiger charge is -2.51. The Morgan fingerprint density at radius 2 is 1.97 bits per heavy atom. The van der Waals surface area contributed by atoms with Crippen LogP contribution in [0.4, 0.5) is 5.82 Å². The van der Waals surface area contributed by atoms with Crippen molar-refractivity contribution < 1.29 is 4.79 Å². The first kappa shape index (κ1) is 20.2. The Morgan fingerprint density at radius 1 is 1.19 bits per heavy atom. The van der Waals surface area contributed by atoms with Crippen molar-refractivity contribution in [2.24, 2.45) is 12.5 Å². The fourth-order valence-electron chi connectivity index (χ4n) is 4.81. The van der Waals surface area contributed by atoms with E-state index in [1.165, 1.54) is 11.5 Å². The SMILES string of the molecule is Cn1c(=O)n(CC(C)(C)C)c2ccc(N3C[C@@H]4CCC3CN4C(=O)c3csnn3)nc21. The van der Waals surface area contributed by atoms with Gasteiger partial charge in [-0.1, -0.05) is 25.3 Å². The number of pyridine rings is 1. The highest BCUT2D eigenvalue weighted by Gasteiger charge is 2.42. The van der Waals surface area contributed by atoms with E-state index in [1.807, 2.05) is 21.6 Å². The average Bonchev–Trinajstić information content (AvgIpc) is 3.36. The van der Waals surface area contributed by atoms with Crippen molar-refractivity contribution in [2.45, 2.75) is 52.2 Å². The van der Waals surface area contributed by atoms with Gasteiger partial charge in [-0.25, -0.2) is 9.78 Å². The number of amides is 1. The number of imidazole rings is 1. The van der Waals surface area contributed by atoms with Crippen LogP contribution in [0.15, 0.2) is 22.3 Å². The minimum atomic E-state index is -0.0385. The third-order valence-corrected chi connectivity index (χ3v) is 6.77.